The van der Waals surface area contributed by atoms with Crippen LogP contribution in [0.3, 0.4) is 0 Å². The minimum atomic E-state index is -0.691. The topological polar surface area (TPSA) is 55.4 Å². The van der Waals surface area contributed by atoms with Crippen LogP contribution in [0.1, 0.15) is 124 Å². The van der Waals surface area contributed by atoms with Gasteiger partial charge >= 0.3 is 5.97 Å². The lowest BCUT2D eigenvalue weighted by Gasteiger charge is -2.11. The molecule has 1 atom stereocenters. The van der Waals surface area contributed by atoms with Crippen LogP contribution in [-0.4, -0.2) is 24.5 Å². The third-order valence-electron chi connectivity index (χ3n) is 5.04. The molecule has 0 radical (unpaired) electrons. The first kappa shape index (κ1) is 25.9. The molecule has 0 unspecified atom stereocenters. The summed E-state index contributed by atoms with van der Waals surface area (Å²) in [7, 11) is 0. The highest BCUT2D eigenvalue weighted by Gasteiger charge is 2.14. The predicted octanol–water partition coefficient (Wildman–Crippen LogP) is 6.32. The predicted molar refractivity (Wildman–Crippen MR) is 114 cm³/mol. The van der Waals surface area contributed by atoms with E-state index in [0.717, 1.165) is 12.8 Å². The molecule has 0 aromatic rings. The van der Waals surface area contributed by atoms with E-state index < -0.39 is 12.1 Å². The summed E-state index contributed by atoms with van der Waals surface area (Å²) in [4.78, 5) is 22.4. The lowest BCUT2D eigenvalue weighted by molar-refractivity contribution is -0.152. The van der Waals surface area contributed by atoms with Crippen LogP contribution in [0.15, 0.2) is 0 Å². The summed E-state index contributed by atoms with van der Waals surface area (Å²) in [6, 6.07) is 0. The van der Waals surface area contributed by atoms with Gasteiger partial charge in [-0.25, -0.2) is 0 Å². The first-order valence-electron chi connectivity index (χ1n) is 11.5. The van der Waals surface area contributed by atoms with Gasteiger partial charge in [-0.3, -0.25) is 9.59 Å². The lowest BCUT2D eigenvalue weighted by atomic mass is 10.0. The minimum Gasteiger partial charge on any atom is -0.453 e. The maximum absolute atomic E-state index is 11.7. The lowest BCUT2D eigenvalue weighted by Crippen LogP contribution is -2.35. The van der Waals surface area contributed by atoms with Crippen molar-refractivity contribution in [1.82, 2.24) is 5.32 Å². The summed E-state index contributed by atoms with van der Waals surface area (Å²) in [5.74, 6) is -0.619. The van der Waals surface area contributed by atoms with Gasteiger partial charge in [0.1, 0.15) is 0 Å². The Labute approximate surface area is 168 Å². The van der Waals surface area contributed by atoms with Crippen LogP contribution in [0, 0.1) is 0 Å². The molecule has 0 fully saturated rings. The number of hydrogen-bond acceptors (Lipinski definition) is 3. The third kappa shape index (κ3) is 19.5. The highest BCUT2D eigenvalue weighted by atomic mass is 16.5. The summed E-state index contributed by atoms with van der Waals surface area (Å²) >= 11 is 0. The van der Waals surface area contributed by atoms with Gasteiger partial charge in [-0.2, -0.15) is 0 Å². The molecule has 0 spiro atoms. The van der Waals surface area contributed by atoms with Gasteiger partial charge in [-0.1, -0.05) is 103 Å². The second-order valence-corrected chi connectivity index (χ2v) is 7.85. The summed E-state index contributed by atoms with van der Waals surface area (Å²) in [6.45, 7) is 5.86. The quantitative estimate of drug-likeness (QED) is 0.210. The largest absolute Gasteiger partial charge is 0.453 e. The van der Waals surface area contributed by atoms with Gasteiger partial charge in [-0.05, 0) is 13.3 Å². The first-order valence-corrected chi connectivity index (χ1v) is 11.5. The van der Waals surface area contributed by atoms with Crippen molar-refractivity contribution in [3.8, 4) is 0 Å². The molecule has 4 heteroatoms. The zero-order valence-corrected chi connectivity index (χ0v) is 18.3. The molecule has 0 saturated carbocycles. The van der Waals surface area contributed by atoms with Crippen LogP contribution in [0.4, 0.5) is 0 Å². The molecule has 1 N–H and O–H groups in total. The van der Waals surface area contributed by atoms with Crippen molar-refractivity contribution in [2.24, 2.45) is 0 Å². The van der Waals surface area contributed by atoms with Gasteiger partial charge in [0.25, 0.3) is 5.91 Å². The Hall–Kier alpha value is -1.06. The summed E-state index contributed by atoms with van der Waals surface area (Å²) < 4.78 is 4.84. The first-order chi connectivity index (χ1) is 13.1. The molecule has 0 saturated heterocycles. The summed E-state index contributed by atoms with van der Waals surface area (Å²) in [6.07, 6.45) is 20.8. The van der Waals surface area contributed by atoms with E-state index in [1.165, 1.54) is 96.8 Å². The molecular formula is C23H45NO3. The van der Waals surface area contributed by atoms with Gasteiger partial charge < -0.3 is 10.1 Å². The summed E-state index contributed by atoms with van der Waals surface area (Å²) in [5.41, 5.74) is 0. The average molecular weight is 384 g/mol. The van der Waals surface area contributed by atoms with Crippen LogP contribution in [0.5, 0.6) is 0 Å². The molecule has 0 rings (SSSR count). The monoisotopic (exact) mass is 383 g/mol. The van der Waals surface area contributed by atoms with Crippen molar-refractivity contribution < 1.29 is 14.3 Å². The van der Waals surface area contributed by atoms with Crippen molar-refractivity contribution in [2.75, 3.05) is 6.54 Å². The fourth-order valence-corrected chi connectivity index (χ4v) is 3.33. The van der Waals surface area contributed by atoms with E-state index >= 15 is 0 Å². The fourth-order valence-electron chi connectivity index (χ4n) is 3.33. The number of ether oxygens (including phenoxy) is 1. The van der Waals surface area contributed by atoms with Gasteiger partial charge in [0, 0.05) is 13.5 Å². The Kier molecular flexibility index (Phi) is 18.9. The van der Waals surface area contributed by atoms with Crippen LogP contribution >= 0.6 is 0 Å². The molecular weight excluding hydrogens is 338 g/mol. The Morgan fingerprint density at radius 3 is 1.44 bits per heavy atom. The number of carbonyl (C=O) groups is 2. The minimum absolute atomic E-state index is 0.203. The van der Waals surface area contributed by atoms with E-state index in [2.05, 4.69) is 12.2 Å². The summed E-state index contributed by atoms with van der Waals surface area (Å²) in [5, 5.41) is 2.82. The Bertz CT molecular complexity index is 358. The number of nitrogens with one attached hydrogen (secondary N) is 1. The van der Waals surface area contributed by atoms with Crippen molar-refractivity contribution in [3.63, 3.8) is 0 Å². The Morgan fingerprint density at radius 2 is 1.07 bits per heavy atom. The zero-order chi connectivity index (χ0) is 20.2. The molecule has 0 aromatic heterocycles. The van der Waals surface area contributed by atoms with Crippen LogP contribution in [-0.2, 0) is 14.3 Å². The van der Waals surface area contributed by atoms with E-state index in [0.29, 0.717) is 6.54 Å². The fraction of sp³-hybridized carbons (Fsp3) is 0.913. The number of carbonyl (C=O) groups excluding carboxylic acids is 2. The highest BCUT2D eigenvalue weighted by molar-refractivity contribution is 5.82. The van der Waals surface area contributed by atoms with Crippen LogP contribution in [0.25, 0.3) is 0 Å². The molecule has 0 aromatic carbocycles. The Morgan fingerprint density at radius 1 is 0.704 bits per heavy atom. The van der Waals surface area contributed by atoms with Crippen molar-refractivity contribution >= 4 is 11.9 Å². The average Bonchev–Trinajstić information content (AvgIpc) is 2.63. The number of amides is 1. The zero-order valence-electron chi connectivity index (χ0n) is 18.3. The third-order valence-corrected chi connectivity index (χ3v) is 5.04. The van der Waals surface area contributed by atoms with Gasteiger partial charge in [0.15, 0.2) is 6.10 Å². The van der Waals surface area contributed by atoms with E-state index in [-0.39, 0.29) is 5.91 Å². The van der Waals surface area contributed by atoms with E-state index in [1.807, 2.05) is 0 Å². The van der Waals surface area contributed by atoms with Gasteiger partial charge in [0.2, 0.25) is 0 Å². The van der Waals surface area contributed by atoms with E-state index in [1.54, 1.807) is 6.92 Å². The highest BCUT2D eigenvalue weighted by Crippen LogP contribution is 2.13. The van der Waals surface area contributed by atoms with Gasteiger partial charge in [-0.15, -0.1) is 0 Å². The van der Waals surface area contributed by atoms with Crippen LogP contribution < -0.4 is 5.32 Å². The van der Waals surface area contributed by atoms with E-state index in [4.69, 9.17) is 4.74 Å². The molecule has 0 aliphatic carbocycles. The maximum Gasteiger partial charge on any atom is 0.303 e. The smallest absolute Gasteiger partial charge is 0.303 e. The number of esters is 1. The second-order valence-electron chi connectivity index (χ2n) is 7.85. The number of unbranched alkanes of at least 4 members (excludes halogenated alkanes) is 15. The van der Waals surface area contributed by atoms with Crippen LogP contribution in [0.2, 0.25) is 0 Å². The van der Waals surface area contributed by atoms with Crippen molar-refractivity contribution in [1.29, 1.82) is 0 Å². The number of hydrogen-bond donors (Lipinski definition) is 1. The molecule has 0 heterocycles. The Balaban J connectivity index is 3.19. The normalized spacial score (nSPS) is 12.0. The molecule has 0 bridgehead atoms. The molecule has 4 nitrogen and oxygen atoms in total. The van der Waals surface area contributed by atoms with Gasteiger partial charge in [0.05, 0.1) is 0 Å². The standard InChI is InChI=1S/C23H45NO3/c1-4-5-6-7-8-9-10-11-12-13-14-15-16-17-18-19-20-24-23(26)21(2)27-22(3)25/h21H,4-20H2,1-3H3,(H,24,26)/t21-/m1/s1. The molecule has 160 valence electrons. The maximum atomic E-state index is 11.7. The van der Waals surface area contributed by atoms with Crippen molar-refractivity contribution in [3.05, 3.63) is 0 Å². The molecule has 0 aliphatic rings. The second kappa shape index (κ2) is 19.7. The SMILES string of the molecule is CCCCCCCCCCCCCCCCCCNC(=O)[C@@H](C)OC(C)=O. The molecule has 1 amide bonds. The molecule has 27 heavy (non-hydrogen) atoms. The van der Waals surface area contributed by atoms with Crippen molar-refractivity contribution in [2.45, 2.75) is 130 Å². The molecule has 0 aliphatic heterocycles. The number of rotatable bonds is 19. The van der Waals surface area contributed by atoms with E-state index in [9.17, 15) is 9.59 Å².